The van der Waals surface area contributed by atoms with Crippen LogP contribution in [-0.2, 0) is 21.4 Å². The number of benzene rings is 1. The van der Waals surface area contributed by atoms with Gasteiger partial charge in [0.25, 0.3) is 0 Å². The van der Waals surface area contributed by atoms with E-state index in [2.05, 4.69) is 4.72 Å². The average molecular weight is 362 g/mol. The highest BCUT2D eigenvalue weighted by molar-refractivity contribution is 7.89. The summed E-state index contributed by atoms with van der Waals surface area (Å²) in [5.74, 6) is 1.36. The SMILES string of the molecule is CCNS(=O)(=O)c1ccc(/C=C/C(=O)N(C)Cc2ccc(C)o2)cc1. The molecule has 0 fully saturated rings. The molecule has 0 aliphatic rings. The van der Waals surface area contributed by atoms with E-state index in [4.69, 9.17) is 4.42 Å². The van der Waals surface area contributed by atoms with Crippen LogP contribution >= 0.6 is 0 Å². The molecule has 1 aromatic carbocycles. The van der Waals surface area contributed by atoms with E-state index in [1.54, 1.807) is 37.1 Å². The maximum Gasteiger partial charge on any atom is 0.246 e. The smallest absolute Gasteiger partial charge is 0.246 e. The van der Waals surface area contributed by atoms with Gasteiger partial charge in [0.2, 0.25) is 15.9 Å². The molecule has 1 amide bonds. The highest BCUT2D eigenvalue weighted by Crippen LogP contribution is 2.12. The molecule has 6 nitrogen and oxygen atoms in total. The highest BCUT2D eigenvalue weighted by Gasteiger charge is 2.12. The van der Waals surface area contributed by atoms with Gasteiger partial charge in [-0.2, -0.15) is 0 Å². The van der Waals surface area contributed by atoms with Crippen LogP contribution in [0.15, 0.2) is 51.8 Å². The number of aryl methyl sites for hydroxylation is 1. The fraction of sp³-hybridized carbons (Fsp3) is 0.278. The van der Waals surface area contributed by atoms with E-state index in [0.29, 0.717) is 13.1 Å². The summed E-state index contributed by atoms with van der Waals surface area (Å²) >= 11 is 0. The van der Waals surface area contributed by atoms with E-state index in [-0.39, 0.29) is 10.8 Å². The Bertz CT molecular complexity index is 851. The molecule has 0 atom stereocenters. The van der Waals surface area contributed by atoms with Crippen molar-refractivity contribution in [1.29, 1.82) is 0 Å². The van der Waals surface area contributed by atoms with E-state index >= 15 is 0 Å². The first-order valence-corrected chi connectivity index (χ1v) is 9.38. The van der Waals surface area contributed by atoms with Crippen molar-refractivity contribution in [3.8, 4) is 0 Å². The Morgan fingerprint density at radius 1 is 1.20 bits per heavy atom. The number of likely N-dealkylation sites (N-methyl/N-ethyl adjacent to an activating group) is 1. The van der Waals surface area contributed by atoms with Crippen molar-refractivity contribution in [2.24, 2.45) is 0 Å². The second-order valence-corrected chi connectivity index (χ2v) is 7.38. The van der Waals surface area contributed by atoms with E-state index < -0.39 is 10.0 Å². The molecule has 0 saturated carbocycles. The minimum atomic E-state index is -3.46. The number of hydrogen-bond donors (Lipinski definition) is 1. The second kappa shape index (κ2) is 8.13. The van der Waals surface area contributed by atoms with Crippen LogP contribution in [0.1, 0.15) is 24.0 Å². The summed E-state index contributed by atoms with van der Waals surface area (Å²) in [7, 11) is -1.77. The van der Waals surface area contributed by atoms with Crippen LogP contribution in [0.25, 0.3) is 6.08 Å². The molecule has 1 heterocycles. The number of rotatable bonds is 7. The maximum absolute atomic E-state index is 12.1. The molecule has 0 saturated heterocycles. The van der Waals surface area contributed by atoms with Crippen LogP contribution in [0, 0.1) is 6.92 Å². The molecule has 0 aliphatic carbocycles. The van der Waals surface area contributed by atoms with Gasteiger partial charge in [0, 0.05) is 19.7 Å². The van der Waals surface area contributed by atoms with Crippen molar-refractivity contribution in [2.75, 3.05) is 13.6 Å². The summed E-state index contributed by atoms with van der Waals surface area (Å²) in [4.78, 5) is 13.9. The molecule has 0 unspecified atom stereocenters. The Kier molecular flexibility index (Phi) is 6.17. The molecule has 0 aliphatic heterocycles. The minimum absolute atomic E-state index is 0.168. The summed E-state index contributed by atoms with van der Waals surface area (Å²) in [6.07, 6.45) is 3.10. The Hall–Kier alpha value is -2.38. The van der Waals surface area contributed by atoms with Gasteiger partial charge in [-0.1, -0.05) is 19.1 Å². The Balaban J connectivity index is 1.99. The third-order valence-corrected chi connectivity index (χ3v) is 5.07. The predicted molar refractivity (Wildman–Crippen MR) is 96.3 cm³/mol. The van der Waals surface area contributed by atoms with Gasteiger partial charge in [-0.05, 0) is 42.8 Å². The molecule has 7 heteroatoms. The first-order chi connectivity index (χ1) is 11.8. The number of hydrogen-bond acceptors (Lipinski definition) is 4. The zero-order chi connectivity index (χ0) is 18.4. The van der Waals surface area contributed by atoms with Crippen LogP contribution in [0.2, 0.25) is 0 Å². The number of nitrogens with zero attached hydrogens (tertiary/aromatic N) is 1. The molecule has 2 rings (SSSR count). The molecular weight excluding hydrogens is 340 g/mol. The normalized spacial score (nSPS) is 11.8. The van der Waals surface area contributed by atoms with Gasteiger partial charge >= 0.3 is 0 Å². The molecule has 25 heavy (non-hydrogen) atoms. The molecule has 0 radical (unpaired) electrons. The average Bonchev–Trinajstić information content (AvgIpc) is 2.97. The quantitative estimate of drug-likeness (QED) is 0.768. The van der Waals surface area contributed by atoms with Crippen molar-refractivity contribution in [3.05, 3.63) is 59.6 Å². The summed E-state index contributed by atoms with van der Waals surface area (Å²) in [5, 5.41) is 0. The van der Waals surface area contributed by atoms with Crippen molar-refractivity contribution in [3.63, 3.8) is 0 Å². The predicted octanol–water partition coefficient (Wildman–Crippen LogP) is 2.56. The first kappa shape index (κ1) is 19.0. The van der Waals surface area contributed by atoms with E-state index in [9.17, 15) is 13.2 Å². The van der Waals surface area contributed by atoms with Gasteiger partial charge in [-0.15, -0.1) is 0 Å². The van der Waals surface area contributed by atoms with Gasteiger partial charge in [-0.3, -0.25) is 4.79 Å². The highest BCUT2D eigenvalue weighted by atomic mass is 32.2. The first-order valence-electron chi connectivity index (χ1n) is 7.90. The topological polar surface area (TPSA) is 79.6 Å². The monoisotopic (exact) mass is 362 g/mol. The van der Waals surface area contributed by atoms with Gasteiger partial charge in [0.1, 0.15) is 11.5 Å². The fourth-order valence-corrected chi connectivity index (χ4v) is 3.25. The van der Waals surface area contributed by atoms with Gasteiger partial charge in [-0.25, -0.2) is 13.1 Å². The molecule has 2 aromatic rings. The summed E-state index contributed by atoms with van der Waals surface area (Å²) in [6.45, 7) is 4.29. The Morgan fingerprint density at radius 3 is 2.44 bits per heavy atom. The van der Waals surface area contributed by atoms with Crippen LogP contribution in [-0.4, -0.2) is 32.8 Å². The van der Waals surface area contributed by atoms with Gasteiger partial charge < -0.3 is 9.32 Å². The zero-order valence-electron chi connectivity index (χ0n) is 14.5. The van der Waals surface area contributed by atoms with Gasteiger partial charge in [0.15, 0.2) is 0 Å². The Labute approximate surface area is 148 Å². The lowest BCUT2D eigenvalue weighted by Gasteiger charge is -2.13. The zero-order valence-corrected chi connectivity index (χ0v) is 15.3. The second-order valence-electron chi connectivity index (χ2n) is 5.61. The molecular formula is C18H22N2O4S. The lowest BCUT2D eigenvalue weighted by molar-refractivity contribution is -0.125. The number of amides is 1. The van der Waals surface area contributed by atoms with E-state index in [1.165, 1.54) is 18.2 Å². The van der Waals surface area contributed by atoms with Crippen LogP contribution < -0.4 is 4.72 Å². The lowest BCUT2D eigenvalue weighted by atomic mass is 10.2. The number of nitrogens with one attached hydrogen (secondary N) is 1. The number of carbonyl (C=O) groups excluding carboxylic acids is 1. The van der Waals surface area contributed by atoms with E-state index in [0.717, 1.165) is 17.1 Å². The summed E-state index contributed by atoms with van der Waals surface area (Å²) in [6, 6.07) is 10.0. The molecule has 134 valence electrons. The standard InChI is InChI=1S/C18H22N2O4S/c1-4-19-25(22,23)17-10-6-15(7-11-17)8-12-18(21)20(3)13-16-9-5-14(2)24-16/h5-12,19H,4,13H2,1-3H3/b12-8+. The lowest BCUT2D eigenvalue weighted by Crippen LogP contribution is -2.23. The maximum atomic E-state index is 12.1. The molecule has 1 N–H and O–H groups in total. The van der Waals surface area contributed by atoms with Crippen LogP contribution in [0.4, 0.5) is 0 Å². The molecule has 1 aromatic heterocycles. The third kappa shape index (κ3) is 5.30. The molecule has 0 spiro atoms. The van der Waals surface area contributed by atoms with Crippen molar-refractivity contribution >= 4 is 22.0 Å². The van der Waals surface area contributed by atoms with Crippen molar-refractivity contribution in [2.45, 2.75) is 25.3 Å². The third-order valence-electron chi connectivity index (χ3n) is 3.51. The Morgan fingerprint density at radius 2 is 1.88 bits per heavy atom. The summed E-state index contributed by atoms with van der Waals surface area (Å²) < 4.78 is 31.6. The van der Waals surface area contributed by atoms with Crippen LogP contribution in [0.5, 0.6) is 0 Å². The summed E-state index contributed by atoms with van der Waals surface area (Å²) in [5.41, 5.74) is 0.742. The molecule has 0 bridgehead atoms. The van der Waals surface area contributed by atoms with Crippen molar-refractivity contribution < 1.29 is 17.6 Å². The van der Waals surface area contributed by atoms with E-state index in [1.807, 2.05) is 19.1 Å². The fourth-order valence-electron chi connectivity index (χ4n) is 2.21. The van der Waals surface area contributed by atoms with Gasteiger partial charge in [0.05, 0.1) is 11.4 Å². The van der Waals surface area contributed by atoms with Crippen LogP contribution in [0.3, 0.4) is 0 Å². The number of carbonyl (C=O) groups is 1. The number of furan rings is 1. The minimum Gasteiger partial charge on any atom is -0.464 e. The van der Waals surface area contributed by atoms with Crippen molar-refractivity contribution in [1.82, 2.24) is 9.62 Å². The number of sulfonamides is 1. The largest absolute Gasteiger partial charge is 0.464 e.